The number of carbonyl (C=O) groups is 1. The Labute approximate surface area is 177 Å². The van der Waals surface area contributed by atoms with E-state index >= 15 is 0 Å². The topological polar surface area (TPSA) is 54.4 Å². The van der Waals surface area contributed by atoms with Crippen LogP contribution in [0.4, 0.5) is 5.69 Å². The molecule has 0 bridgehead atoms. The molecule has 0 atom stereocenters. The van der Waals surface area contributed by atoms with Crippen LogP contribution in [0.2, 0.25) is 0 Å². The maximum atomic E-state index is 11.7. The van der Waals surface area contributed by atoms with Gasteiger partial charge in [0.15, 0.2) is 0 Å². The predicted molar refractivity (Wildman–Crippen MR) is 117 cm³/mol. The van der Waals surface area contributed by atoms with Gasteiger partial charge in [-0.15, -0.1) is 0 Å². The van der Waals surface area contributed by atoms with E-state index in [9.17, 15) is 4.79 Å². The van der Waals surface area contributed by atoms with Crippen LogP contribution < -0.4 is 9.64 Å². The van der Waals surface area contributed by atoms with Crippen molar-refractivity contribution in [1.29, 1.82) is 0 Å². The van der Waals surface area contributed by atoms with Gasteiger partial charge in [-0.1, -0.05) is 12.1 Å². The van der Waals surface area contributed by atoms with Crippen molar-refractivity contribution in [2.75, 3.05) is 44.2 Å². The van der Waals surface area contributed by atoms with E-state index in [0.29, 0.717) is 12.2 Å². The maximum absolute atomic E-state index is 11.7. The number of aliphatic imine (C=N–C) groups is 1. The molecular formula is C24H27N3O3. The summed E-state index contributed by atoms with van der Waals surface area (Å²) in [6.07, 6.45) is 3.73. The van der Waals surface area contributed by atoms with Crippen molar-refractivity contribution in [2.45, 2.75) is 26.1 Å². The van der Waals surface area contributed by atoms with Gasteiger partial charge in [0.25, 0.3) is 5.91 Å². The van der Waals surface area contributed by atoms with Gasteiger partial charge in [-0.3, -0.25) is 9.69 Å². The molecular weight excluding hydrogens is 378 g/mol. The van der Waals surface area contributed by atoms with Gasteiger partial charge in [-0.05, 0) is 49.2 Å². The molecule has 3 aliphatic rings. The number of piperazine rings is 1. The standard InChI is InChI=1S/C24H27N3O3/c28-24-21-14-20(7-6-18(21)15-25-24)30-13-2-1-8-26-9-11-27(12-10-26)23-5-3-4-19-16-29-17-22(19)23/h3-7,14-15H,1-2,8-13,16-17H2. The van der Waals surface area contributed by atoms with E-state index in [1.165, 1.54) is 16.8 Å². The third-order valence-electron chi connectivity index (χ3n) is 6.18. The lowest BCUT2D eigenvalue weighted by Crippen LogP contribution is -2.47. The average molecular weight is 405 g/mol. The summed E-state index contributed by atoms with van der Waals surface area (Å²) in [5.74, 6) is 0.572. The smallest absolute Gasteiger partial charge is 0.277 e. The van der Waals surface area contributed by atoms with Crippen LogP contribution in [-0.2, 0) is 18.0 Å². The molecule has 0 spiro atoms. The lowest BCUT2D eigenvalue weighted by atomic mass is 10.1. The minimum absolute atomic E-state index is 0.178. The molecule has 0 radical (unpaired) electrons. The van der Waals surface area contributed by atoms with Crippen molar-refractivity contribution < 1.29 is 14.3 Å². The highest BCUT2D eigenvalue weighted by Gasteiger charge is 2.22. The Bertz CT molecular complexity index is 964. The number of benzene rings is 2. The molecule has 6 heteroatoms. The average Bonchev–Trinajstić information content (AvgIpc) is 3.41. The van der Waals surface area contributed by atoms with Crippen molar-refractivity contribution in [3.05, 3.63) is 58.7 Å². The summed E-state index contributed by atoms with van der Waals surface area (Å²) in [6, 6.07) is 12.2. The van der Waals surface area contributed by atoms with Crippen LogP contribution in [0.15, 0.2) is 41.4 Å². The van der Waals surface area contributed by atoms with E-state index in [0.717, 1.165) is 70.1 Å². The van der Waals surface area contributed by atoms with E-state index in [4.69, 9.17) is 9.47 Å². The van der Waals surface area contributed by atoms with Gasteiger partial charge in [0.2, 0.25) is 0 Å². The fourth-order valence-corrected chi connectivity index (χ4v) is 4.44. The third kappa shape index (κ3) is 3.98. The van der Waals surface area contributed by atoms with Crippen LogP contribution in [0.5, 0.6) is 5.75 Å². The number of rotatable bonds is 7. The molecule has 0 aromatic heterocycles. The van der Waals surface area contributed by atoms with Crippen LogP contribution >= 0.6 is 0 Å². The van der Waals surface area contributed by atoms with Crippen molar-refractivity contribution in [3.8, 4) is 5.75 Å². The van der Waals surface area contributed by atoms with E-state index in [1.54, 1.807) is 12.3 Å². The fraction of sp³-hybridized carbons (Fsp3) is 0.417. The number of carbonyl (C=O) groups excluding carboxylic acids is 1. The van der Waals surface area contributed by atoms with Crippen LogP contribution in [-0.4, -0.2) is 56.4 Å². The molecule has 1 amide bonds. The molecule has 6 nitrogen and oxygen atoms in total. The second kappa shape index (κ2) is 8.58. The first kappa shape index (κ1) is 19.3. The highest BCUT2D eigenvalue weighted by atomic mass is 16.5. The zero-order valence-corrected chi connectivity index (χ0v) is 17.2. The summed E-state index contributed by atoms with van der Waals surface area (Å²) in [4.78, 5) is 20.5. The van der Waals surface area contributed by atoms with Crippen molar-refractivity contribution in [2.24, 2.45) is 4.99 Å². The van der Waals surface area contributed by atoms with Crippen LogP contribution in [0.3, 0.4) is 0 Å². The van der Waals surface area contributed by atoms with Crippen LogP contribution in [0.25, 0.3) is 0 Å². The number of anilines is 1. The summed E-state index contributed by atoms with van der Waals surface area (Å²) in [5, 5.41) is 0. The molecule has 0 aliphatic carbocycles. The molecule has 2 aromatic rings. The van der Waals surface area contributed by atoms with E-state index in [1.807, 2.05) is 12.1 Å². The molecule has 0 saturated carbocycles. The summed E-state index contributed by atoms with van der Waals surface area (Å²) >= 11 is 0. The quantitative estimate of drug-likeness (QED) is 0.662. The maximum Gasteiger partial charge on any atom is 0.277 e. The Kier molecular flexibility index (Phi) is 5.51. The number of ether oxygens (including phenoxy) is 2. The Morgan fingerprint density at radius 3 is 2.83 bits per heavy atom. The van der Waals surface area contributed by atoms with Crippen molar-refractivity contribution in [3.63, 3.8) is 0 Å². The Hall–Kier alpha value is -2.70. The molecule has 0 unspecified atom stereocenters. The SMILES string of the molecule is O=C1N=Cc2ccc(OCCCCN3CCN(c4cccc5c4COC5)CC3)cc21. The molecule has 5 rings (SSSR count). The summed E-state index contributed by atoms with van der Waals surface area (Å²) in [6.45, 7) is 7.60. The van der Waals surface area contributed by atoms with Gasteiger partial charge in [0.1, 0.15) is 5.75 Å². The predicted octanol–water partition coefficient (Wildman–Crippen LogP) is 3.27. The Balaban J connectivity index is 1.03. The fourth-order valence-electron chi connectivity index (χ4n) is 4.44. The van der Waals surface area contributed by atoms with Gasteiger partial charge < -0.3 is 14.4 Å². The first-order valence-corrected chi connectivity index (χ1v) is 10.8. The zero-order chi connectivity index (χ0) is 20.3. The van der Waals surface area contributed by atoms with Gasteiger partial charge in [0.05, 0.1) is 25.4 Å². The second-order valence-electron chi connectivity index (χ2n) is 8.10. The number of amides is 1. The third-order valence-corrected chi connectivity index (χ3v) is 6.18. The summed E-state index contributed by atoms with van der Waals surface area (Å²) in [7, 11) is 0. The Morgan fingerprint density at radius 1 is 1.03 bits per heavy atom. The van der Waals surface area contributed by atoms with Crippen LogP contribution in [0.1, 0.15) is 39.9 Å². The minimum Gasteiger partial charge on any atom is -0.494 e. The van der Waals surface area contributed by atoms with E-state index < -0.39 is 0 Å². The lowest BCUT2D eigenvalue weighted by molar-refractivity contribution is 0.101. The molecule has 3 aliphatic heterocycles. The summed E-state index contributed by atoms with van der Waals surface area (Å²) < 4.78 is 11.5. The van der Waals surface area contributed by atoms with E-state index in [2.05, 4.69) is 33.0 Å². The minimum atomic E-state index is -0.178. The number of hydrogen-bond acceptors (Lipinski definition) is 5. The van der Waals surface area contributed by atoms with Gasteiger partial charge in [0, 0.05) is 49.2 Å². The van der Waals surface area contributed by atoms with Crippen LogP contribution in [0, 0.1) is 0 Å². The highest BCUT2D eigenvalue weighted by molar-refractivity contribution is 6.13. The normalized spacial score (nSPS) is 18.0. The Morgan fingerprint density at radius 2 is 1.93 bits per heavy atom. The van der Waals surface area contributed by atoms with Gasteiger partial charge >= 0.3 is 0 Å². The van der Waals surface area contributed by atoms with Gasteiger partial charge in [-0.25, -0.2) is 4.99 Å². The number of unbranched alkanes of at least 4 members (excludes halogenated alkanes) is 1. The molecule has 2 aromatic carbocycles. The zero-order valence-electron chi connectivity index (χ0n) is 17.2. The van der Waals surface area contributed by atoms with Crippen molar-refractivity contribution >= 4 is 17.8 Å². The first-order valence-electron chi connectivity index (χ1n) is 10.8. The molecule has 3 heterocycles. The number of fused-ring (bicyclic) bond motifs is 2. The summed E-state index contributed by atoms with van der Waals surface area (Å²) in [5.41, 5.74) is 5.59. The highest BCUT2D eigenvalue weighted by Crippen LogP contribution is 2.30. The van der Waals surface area contributed by atoms with E-state index in [-0.39, 0.29) is 5.91 Å². The largest absolute Gasteiger partial charge is 0.494 e. The molecule has 30 heavy (non-hydrogen) atoms. The first-order chi connectivity index (χ1) is 14.8. The number of hydrogen-bond donors (Lipinski definition) is 0. The number of nitrogens with zero attached hydrogens (tertiary/aromatic N) is 3. The van der Waals surface area contributed by atoms with Crippen molar-refractivity contribution in [1.82, 2.24) is 4.90 Å². The molecule has 156 valence electrons. The molecule has 1 fully saturated rings. The molecule has 0 N–H and O–H groups in total. The monoisotopic (exact) mass is 405 g/mol. The lowest BCUT2D eigenvalue weighted by Gasteiger charge is -2.37. The second-order valence-corrected chi connectivity index (χ2v) is 8.10. The van der Waals surface area contributed by atoms with Gasteiger partial charge in [-0.2, -0.15) is 0 Å². The molecule has 1 saturated heterocycles.